The zero-order valence-corrected chi connectivity index (χ0v) is 23.9. The van der Waals surface area contributed by atoms with Crippen LogP contribution >= 0.6 is 0 Å². The molecule has 41 heavy (non-hydrogen) atoms. The Morgan fingerprint density at radius 3 is 2.27 bits per heavy atom. The summed E-state index contributed by atoms with van der Waals surface area (Å²) in [5, 5.41) is 0. The molecule has 0 aliphatic carbocycles. The number of likely N-dealkylation sites (tertiary alicyclic amines) is 1. The Bertz CT molecular complexity index is 1430. The van der Waals surface area contributed by atoms with Crippen LogP contribution in [0.25, 0.3) is 0 Å². The van der Waals surface area contributed by atoms with Crippen LogP contribution in [-0.2, 0) is 21.3 Å². The number of aromatic nitrogens is 1. The Balaban J connectivity index is 1.55. The van der Waals surface area contributed by atoms with Crippen molar-refractivity contribution in [2.75, 3.05) is 13.1 Å². The number of carbonyl (C=O) groups excluding carboxylic acids is 1. The number of piperidine rings is 1. The topological polar surface area (TPSA) is 85.8 Å². The van der Waals surface area contributed by atoms with Gasteiger partial charge in [-0.25, -0.2) is 4.79 Å². The fourth-order valence-corrected chi connectivity index (χ4v) is 5.26. The maximum absolute atomic E-state index is 12.7. The summed E-state index contributed by atoms with van der Waals surface area (Å²) in [7, 11) is -5.79. The molecule has 3 aromatic rings. The van der Waals surface area contributed by atoms with E-state index >= 15 is 0 Å². The molecule has 1 amide bonds. The maximum Gasteiger partial charge on any atom is 0.534 e. The molecule has 1 fully saturated rings. The maximum atomic E-state index is 12.7. The molecule has 1 aliphatic heterocycles. The van der Waals surface area contributed by atoms with Gasteiger partial charge in [0.1, 0.15) is 5.60 Å². The molecule has 2 heterocycles. The number of alkyl halides is 3. The smallest absolute Gasteiger partial charge is 0.444 e. The van der Waals surface area contributed by atoms with Crippen molar-refractivity contribution in [1.82, 2.24) is 9.88 Å². The van der Waals surface area contributed by atoms with Gasteiger partial charge in [0.2, 0.25) is 0 Å². The molecule has 2 aromatic carbocycles. The summed E-state index contributed by atoms with van der Waals surface area (Å²) in [5.74, 6) is -0.537. The SMILES string of the molecule is CC(C)(C)OC(=O)N1CCC(c2cccc(C(Cc3ccccc3)c3ccc(OS(=O)(=O)C(F)(F)F)cn3)c2)CC1. The van der Waals surface area contributed by atoms with Crippen molar-refractivity contribution in [3.05, 3.63) is 95.3 Å². The Morgan fingerprint density at radius 2 is 1.68 bits per heavy atom. The number of nitrogens with zero attached hydrogens (tertiary/aromatic N) is 2. The first-order chi connectivity index (χ1) is 19.2. The van der Waals surface area contributed by atoms with Gasteiger partial charge in [-0.05, 0) is 74.8 Å². The zero-order valence-electron chi connectivity index (χ0n) is 23.1. The number of rotatable bonds is 7. The highest BCUT2D eigenvalue weighted by molar-refractivity contribution is 7.88. The van der Waals surface area contributed by atoms with Crippen molar-refractivity contribution in [1.29, 1.82) is 0 Å². The Morgan fingerprint density at radius 1 is 1.00 bits per heavy atom. The third-order valence-electron chi connectivity index (χ3n) is 6.82. The van der Waals surface area contributed by atoms with E-state index in [1.54, 1.807) is 4.90 Å². The van der Waals surface area contributed by atoms with Gasteiger partial charge in [-0.1, -0.05) is 54.6 Å². The number of benzene rings is 2. The zero-order chi connectivity index (χ0) is 29.8. The van der Waals surface area contributed by atoms with Crippen molar-refractivity contribution in [3.63, 3.8) is 0 Å². The van der Waals surface area contributed by atoms with Crippen molar-refractivity contribution in [2.24, 2.45) is 0 Å². The van der Waals surface area contributed by atoms with E-state index in [0.29, 0.717) is 25.2 Å². The molecule has 0 radical (unpaired) electrons. The van der Waals surface area contributed by atoms with Gasteiger partial charge in [0.15, 0.2) is 5.75 Å². The number of carbonyl (C=O) groups is 1. The van der Waals surface area contributed by atoms with Crippen LogP contribution in [0.1, 0.15) is 67.8 Å². The fraction of sp³-hybridized carbons (Fsp3) is 0.400. The van der Waals surface area contributed by atoms with Crippen LogP contribution in [-0.4, -0.2) is 48.6 Å². The lowest BCUT2D eigenvalue weighted by Crippen LogP contribution is -2.41. The van der Waals surface area contributed by atoms with E-state index in [2.05, 4.69) is 21.3 Å². The highest BCUT2D eigenvalue weighted by Gasteiger charge is 2.48. The number of halogens is 3. The van der Waals surface area contributed by atoms with Crippen molar-refractivity contribution < 1.29 is 35.3 Å². The molecule has 1 aromatic heterocycles. The van der Waals surface area contributed by atoms with Gasteiger partial charge in [0.25, 0.3) is 0 Å². The van der Waals surface area contributed by atoms with E-state index in [1.165, 1.54) is 12.1 Å². The molecular weight excluding hydrogens is 557 g/mol. The molecule has 1 atom stereocenters. The van der Waals surface area contributed by atoms with Crippen LogP contribution in [0.4, 0.5) is 18.0 Å². The minimum atomic E-state index is -5.79. The normalized spacial score (nSPS) is 15.8. The standard InChI is InChI=1S/C30H33F3N2O5S/c1-29(2,3)39-28(36)35-16-14-22(15-17-35)23-10-7-11-24(19-23)26(18-21-8-5-4-6-9-21)27-13-12-25(20-34-27)40-41(37,38)30(31,32)33/h4-13,19-20,22,26H,14-18H2,1-3H3. The first kappa shape index (κ1) is 30.4. The molecule has 4 rings (SSSR count). The summed E-state index contributed by atoms with van der Waals surface area (Å²) < 4.78 is 70.8. The van der Waals surface area contributed by atoms with E-state index in [1.807, 2.05) is 63.2 Å². The van der Waals surface area contributed by atoms with Gasteiger partial charge >= 0.3 is 21.7 Å². The third-order valence-corrected chi connectivity index (χ3v) is 7.80. The Hall–Kier alpha value is -3.60. The van der Waals surface area contributed by atoms with Gasteiger partial charge in [-0.3, -0.25) is 4.98 Å². The number of pyridine rings is 1. The van der Waals surface area contributed by atoms with Crippen LogP contribution in [0.2, 0.25) is 0 Å². The fourth-order valence-electron chi connectivity index (χ4n) is 4.82. The largest absolute Gasteiger partial charge is 0.534 e. The molecule has 7 nitrogen and oxygen atoms in total. The van der Waals surface area contributed by atoms with Crippen LogP contribution in [0.5, 0.6) is 5.75 Å². The third kappa shape index (κ3) is 8.00. The van der Waals surface area contributed by atoms with E-state index in [9.17, 15) is 26.4 Å². The second kappa shape index (κ2) is 12.1. The number of hydrogen-bond acceptors (Lipinski definition) is 6. The molecule has 0 N–H and O–H groups in total. The average Bonchev–Trinajstić information content (AvgIpc) is 2.91. The lowest BCUT2D eigenvalue weighted by molar-refractivity contribution is -0.0500. The summed E-state index contributed by atoms with van der Waals surface area (Å²) in [4.78, 5) is 18.5. The molecule has 1 aliphatic rings. The quantitative estimate of drug-likeness (QED) is 0.222. The minimum Gasteiger partial charge on any atom is -0.444 e. The predicted molar refractivity (Wildman–Crippen MR) is 148 cm³/mol. The van der Waals surface area contributed by atoms with E-state index in [4.69, 9.17) is 4.74 Å². The van der Waals surface area contributed by atoms with Gasteiger partial charge in [0.05, 0.1) is 6.20 Å². The highest BCUT2D eigenvalue weighted by Crippen LogP contribution is 2.34. The summed E-state index contributed by atoms with van der Waals surface area (Å²) in [6, 6.07) is 20.5. The summed E-state index contributed by atoms with van der Waals surface area (Å²) in [6.45, 7) is 6.70. The van der Waals surface area contributed by atoms with Gasteiger partial charge in [-0.2, -0.15) is 21.6 Å². The first-order valence-corrected chi connectivity index (χ1v) is 14.7. The van der Waals surface area contributed by atoms with Crippen LogP contribution < -0.4 is 4.18 Å². The van der Waals surface area contributed by atoms with Gasteiger partial charge in [-0.15, -0.1) is 0 Å². The second-order valence-electron chi connectivity index (χ2n) is 11.1. The van der Waals surface area contributed by atoms with E-state index in [-0.39, 0.29) is 17.9 Å². The lowest BCUT2D eigenvalue weighted by Gasteiger charge is -2.34. The summed E-state index contributed by atoms with van der Waals surface area (Å²) in [5.41, 5.74) is -2.41. The molecule has 220 valence electrons. The van der Waals surface area contributed by atoms with Crippen molar-refractivity contribution in [3.8, 4) is 5.75 Å². The van der Waals surface area contributed by atoms with Crippen molar-refractivity contribution >= 4 is 16.2 Å². The van der Waals surface area contributed by atoms with Crippen molar-refractivity contribution in [2.45, 2.75) is 63.0 Å². The molecule has 0 bridgehead atoms. The van der Waals surface area contributed by atoms with E-state index in [0.717, 1.165) is 35.7 Å². The van der Waals surface area contributed by atoms with Crippen LogP contribution in [0.15, 0.2) is 72.9 Å². The highest BCUT2D eigenvalue weighted by atomic mass is 32.2. The lowest BCUT2D eigenvalue weighted by atomic mass is 9.84. The Kier molecular flexibility index (Phi) is 8.96. The van der Waals surface area contributed by atoms with Crippen LogP contribution in [0.3, 0.4) is 0 Å². The summed E-state index contributed by atoms with van der Waals surface area (Å²) >= 11 is 0. The average molecular weight is 591 g/mol. The Labute approximate surface area is 238 Å². The minimum absolute atomic E-state index is 0.238. The molecule has 11 heteroatoms. The first-order valence-electron chi connectivity index (χ1n) is 13.3. The second-order valence-corrected chi connectivity index (χ2v) is 12.6. The van der Waals surface area contributed by atoms with Gasteiger partial charge in [0, 0.05) is 24.7 Å². The summed E-state index contributed by atoms with van der Waals surface area (Å²) in [6.07, 6.45) is 2.81. The molecule has 1 unspecified atom stereocenters. The molecule has 1 saturated heterocycles. The molecule has 0 saturated carbocycles. The van der Waals surface area contributed by atoms with Crippen LogP contribution in [0, 0.1) is 0 Å². The molecular formula is C30H33F3N2O5S. The number of hydrogen-bond donors (Lipinski definition) is 0. The monoisotopic (exact) mass is 590 g/mol. The van der Waals surface area contributed by atoms with E-state index < -0.39 is 27.0 Å². The van der Waals surface area contributed by atoms with Gasteiger partial charge < -0.3 is 13.8 Å². The number of amides is 1. The predicted octanol–water partition coefficient (Wildman–Crippen LogP) is 6.80. The molecule has 0 spiro atoms. The number of ether oxygens (including phenoxy) is 1.